The van der Waals surface area contributed by atoms with Crippen molar-refractivity contribution in [1.82, 2.24) is 29.3 Å². The van der Waals surface area contributed by atoms with Gasteiger partial charge in [0.05, 0.1) is 12.0 Å². The van der Waals surface area contributed by atoms with Gasteiger partial charge in [-0.25, -0.2) is 9.37 Å². The molecule has 2 aromatic carbocycles. The molecule has 258 valence electrons. The lowest BCUT2D eigenvalue weighted by atomic mass is 10.0. The van der Waals surface area contributed by atoms with Crippen molar-refractivity contribution in [2.24, 2.45) is 5.92 Å². The lowest BCUT2D eigenvalue weighted by molar-refractivity contribution is -0.137. The zero-order valence-corrected chi connectivity index (χ0v) is 28.7. The predicted molar refractivity (Wildman–Crippen MR) is 188 cm³/mol. The van der Waals surface area contributed by atoms with Crippen LogP contribution in [0.25, 0.3) is 12.2 Å². The van der Waals surface area contributed by atoms with E-state index in [1.165, 1.54) is 30.3 Å². The third kappa shape index (κ3) is 8.58. The molecule has 0 saturated carbocycles. The largest absolute Gasteiger partial charge is 0.340 e. The third-order valence-electron chi connectivity index (χ3n) is 9.18. The second kappa shape index (κ2) is 16.0. The van der Waals surface area contributed by atoms with Gasteiger partial charge in [-0.3, -0.25) is 24.1 Å². The molecule has 0 bridgehead atoms. The third-order valence-corrected chi connectivity index (χ3v) is 9.18. The molecule has 4 aromatic rings. The Morgan fingerprint density at radius 1 is 0.878 bits per heavy atom. The topological polar surface area (TPSA) is 124 Å². The number of ketones is 1. The Balaban J connectivity index is 1.28. The van der Waals surface area contributed by atoms with Gasteiger partial charge < -0.3 is 19.4 Å². The molecule has 1 fully saturated rings. The van der Waals surface area contributed by atoms with Crippen molar-refractivity contribution in [3.05, 3.63) is 120 Å². The number of hydrogen-bond acceptors (Lipinski definition) is 6. The highest BCUT2D eigenvalue weighted by atomic mass is 19.1. The Morgan fingerprint density at radius 3 is 2.16 bits per heavy atom. The summed E-state index contributed by atoms with van der Waals surface area (Å²) in [6.07, 6.45) is 7.57. The average molecular weight is 669 g/mol. The van der Waals surface area contributed by atoms with Crippen LogP contribution in [0.15, 0.2) is 64.4 Å². The maximum Gasteiger partial charge on any atom is 0.272 e. The number of rotatable bonds is 12. The summed E-state index contributed by atoms with van der Waals surface area (Å²) in [4.78, 5) is 66.2. The van der Waals surface area contributed by atoms with E-state index in [1.807, 2.05) is 4.90 Å². The Hall–Kier alpha value is -4.90. The Bertz CT molecular complexity index is 2020. The number of amides is 1. The summed E-state index contributed by atoms with van der Waals surface area (Å²) < 4.78 is 15.4. The lowest BCUT2D eigenvalue weighted by Crippen LogP contribution is -2.50. The van der Waals surface area contributed by atoms with E-state index in [0.29, 0.717) is 22.4 Å². The highest BCUT2D eigenvalue weighted by molar-refractivity contribution is 6.09. The molecule has 3 heterocycles. The molecule has 49 heavy (non-hydrogen) atoms. The van der Waals surface area contributed by atoms with Crippen LogP contribution in [0, 0.1) is 11.7 Å². The van der Waals surface area contributed by atoms with E-state index in [9.17, 15) is 23.6 Å². The van der Waals surface area contributed by atoms with Gasteiger partial charge in [-0.1, -0.05) is 45.9 Å². The second-order valence-electron chi connectivity index (χ2n) is 12.9. The molecule has 1 saturated heterocycles. The number of nitrogens with zero attached hydrogens (tertiary/aromatic N) is 4. The summed E-state index contributed by atoms with van der Waals surface area (Å²) in [5.41, 5.74) is 1.88. The van der Waals surface area contributed by atoms with Gasteiger partial charge in [0.15, 0.2) is 5.78 Å². The van der Waals surface area contributed by atoms with Crippen LogP contribution in [0.4, 0.5) is 4.39 Å². The summed E-state index contributed by atoms with van der Waals surface area (Å²) in [5.74, 6) is -0.193. The molecular formula is C38H45FN6O4. The number of hydrogen-bond donors (Lipinski definition) is 2. The maximum absolute atomic E-state index is 13.3. The van der Waals surface area contributed by atoms with Gasteiger partial charge >= 0.3 is 0 Å². The molecule has 5 rings (SSSR count). The van der Waals surface area contributed by atoms with Gasteiger partial charge in [-0.15, -0.1) is 0 Å². The molecule has 11 heteroatoms. The Morgan fingerprint density at radius 2 is 1.53 bits per heavy atom. The van der Waals surface area contributed by atoms with E-state index >= 15 is 0 Å². The number of benzene rings is 2. The molecule has 1 amide bonds. The van der Waals surface area contributed by atoms with E-state index in [2.05, 4.69) is 52.1 Å². The minimum atomic E-state index is -0.492. The average Bonchev–Trinajstić information content (AvgIpc) is 3.50. The van der Waals surface area contributed by atoms with E-state index in [0.717, 1.165) is 64.2 Å². The van der Waals surface area contributed by atoms with Crippen molar-refractivity contribution in [1.29, 1.82) is 0 Å². The van der Waals surface area contributed by atoms with Gasteiger partial charge in [-0.2, -0.15) is 0 Å². The zero-order valence-electron chi connectivity index (χ0n) is 28.7. The smallest absolute Gasteiger partial charge is 0.272 e. The minimum absolute atomic E-state index is 0.0453. The van der Waals surface area contributed by atoms with Crippen LogP contribution in [0.3, 0.4) is 0 Å². The van der Waals surface area contributed by atoms with Crippen molar-refractivity contribution < 1.29 is 14.0 Å². The lowest BCUT2D eigenvalue weighted by Gasteiger charge is -2.36. The molecule has 10 nitrogen and oxygen atoms in total. The van der Waals surface area contributed by atoms with Gasteiger partial charge in [0.2, 0.25) is 5.91 Å². The van der Waals surface area contributed by atoms with Gasteiger partial charge in [0.25, 0.3) is 11.1 Å². The van der Waals surface area contributed by atoms with Crippen molar-refractivity contribution in [2.75, 3.05) is 32.7 Å². The maximum atomic E-state index is 13.3. The Labute approximate surface area is 285 Å². The van der Waals surface area contributed by atoms with Gasteiger partial charge in [0, 0.05) is 55.5 Å². The first kappa shape index (κ1) is 35.4. The SMILES string of the molecule is CCC(CC)C(=O)N1CCN(CCCn2cnc(/C=c3\[nH]c(=O)/c(=C/c4cccc(C(=O)c5ccc(F)cc5)c4)[nH]c3=O)c2C(C)C)CC1. The first-order chi connectivity index (χ1) is 23.6. The van der Waals surface area contributed by atoms with Crippen LogP contribution in [-0.2, 0) is 11.3 Å². The van der Waals surface area contributed by atoms with Crippen molar-refractivity contribution in [3.8, 4) is 0 Å². The monoisotopic (exact) mass is 668 g/mol. The first-order valence-corrected chi connectivity index (χ1v) is 17.1. The number of imidazole rings is 1. The fraction of sp³-hybridized carbons (Fsp3) is 0.395. The highest BCUT2D eigenvalue weighted by Crippen LogP contribution is 2.20. The number of aromatic nitrogens is 4. The van der Waals surface area contributed by atoms with Crippen molar-refractivity contribution in [2.45, 2.75) is 59.4 Å². The molecular weight excluding hydrogens is 623 g/mol. The number of piperazine rings is 1. The predicted octanol–water partition coefficient (Wildman–Crippen LogP) is 3.38. The standard InChI is InChI=1S/C38H45FN6O4/c1-5-27(6-2)38(49)44-19-17-43(18-20-44)15-8-16-45-24-40-31(34(45)25(3)4)23-33-37(48)41-32(36(47)42-33)22-26-9-7-10-29(21-26)35(46)28-11-13-30(39)14-12-28/h7,9-14,21-25,27H,5-6,8,15-20H2,1-4H3,(H,41,48)(H,42,47)/b32-22-,33-23-. The zero-order chi connectivity index (χ0) is 35.1. The number of halogens is 1. The summed E-state index contributed by atoms with van der Waals surface area (Å²) in [5, 5.41) is 0.138. The quantitative estimate of drug-likeness (QED) is 0.223. The van der Waals surface area contributed by atoms with Crippen LogP contribution in [0.1, 0.15) is 85.7 Å². The van der Waals surface area contributed by atoms with Gasteiger partial charge in [0.1, 0.15) is 16.5 Å². The van der Waals surface area contributed by atoms with Crippen LogP contribution in [-0.4, -0.2) is 73.7 Å². The second-order valence-corrected chi connectivity index (χ2v) is 12.9. The van der Waals surface area contributed by atoms with Crippen molar-refractivity contribution >= 4 is 23.8 Å². The van der Waals surface area contributed by atoms with Crippen molar-refractivity contribution in [3.63, 3.8) is 0 Å². The number of carbonyl (C=O) groups excluding carboxylic acids is 2. The molecule has 2 aromatic heterocycles. The number of aromatic amines is 2. The van der Waals surface area contributed by atoms with Crippen LogP contribution >= 0.6 is 0 Å². The molecule has 2 N–H and O–H groups in total. The van der Waals surface area contributed by atoms with Crippen LogP contribution < -0.4 is 21.8 Å². The van der Waals surface area contributed by atoms with Gasteiger partial charge in [-0.05, 0) is 79.8 Å². The van der Waals surface area contributed by atoms with E-state index in [4.69, 9.17) is 0 Å². The van der Waals surface area contributed by atoms with E-state index in [-0.39, 0.29) is 34.2 Å². The summed E-state index contributed by atoms with van der Waals surface area (Å²) in [6, 6.07) is 11.9. The number of H-pyrrole nitrogens is 2. The molecule has 0 radical (unpaired) electrons. The molecule has 0 atom stereocenters. The molecule has 0 unspecified atom stereocenters. The van der Waals surface area contributed by atoms with Crippen LogP contribution in [0.5, 0.6) is 0 Å². The normalized spacial score (nSPS) is 14.7. The number of aryl methyl sites for hydroxylation is 1. The fourth-order valence-corrected chi connectivity index (χ4v) is 6.41. The minimum Gasteiger partial charge on any atom is -0.340 e. The molecule has 0 aliphatic carbocycles. The summed E-state index contributed by atoms with van der Waals surface area (Å²) in [7, 11) is 0. The van der Waals surface area contributed by atoms with E-state index in [1.54, 1.807) is 36.7 Å². The van der Waals surface area contributed by atoms with E-state index < -0.39 is 16.9 Å². The molecule has 1 aliphatic rings. The number of carbonyl (C=O) groups is 2. The summed E-state index contributed by atoms with van der Waals surface area (Å²) in [6.45, 7) is 13.2. The highest BCUT2D eigenvalue weighted by Gasteiger charge is 2.25. The molecule has 0 spiro atoms. The number of nitrogens with one attached hydrogen (secondary N) is 2. The Kier molecular flexibility index (Phi) is 11.6. The fourth-order valence-electron chi connectivity index (χ4n) is 6.41. The summed E-state index contributed by atoms with van der Waals surface area (Å²) >= 11 is 0. The first-order valence-electron chi connectivity index (χ1n) is 17.1. The molecule has 1 aliphatic heterocycles. The van der Waals surface area contributed by atoms with Crippen LogP contribution in [0.2, 0.25) is 0 Å².